The molecule has 2 aliphatic rings. The Morgan fingerprint density at radius 1 is 1.41 bits per heavy atom. The number of hydrogen-bond acceptors (Lipinski definition) is 2. The number of aliphatic hydroxyl groups is 1. The summed E-state index contributed by atoms with van der Waals surface area (Å²) in [6.07, 6.45) is 4.02. The zero-order valence-electron chi connectivity index (χ0n) is 9.88. The van der Waals surface area contributed by atoms with Crippen LogP contribution in [0.3, 0.4) is 0 Å². The fourth-order valence-electron chi connectivity index (χ4n) is 2.73. The van der Waals surface area contributed by atoms with Crippen LogP contribution in [0.1, 0.15) is 36.4 Å². The van der Waals surface area contributed by atoms with E-state index in [4.69, 9.17) is 0 Å². The monoisotopic (exact) mass is 235 g/mol. The van der Waals surface area contributed by atoms with Gasteiger partial charge in [-0.05, 0) is 42.9 Å². The van der Waals surface area contributed by atoms with Crippen LogP contribution in [-0.4, -0.2) is 18.3 Å². The lowest BCUT2D eigenvalue weighted by Crippen LogP contribution is -2.29. The summed E-state index contributed by atoms with van der Waals surface area (Å²) in [6, 6.07) is 5.61. The summed E-state index contributed by atoms with van der Waals surface area (Å²) in [5.74, 6) is -0.0740. The molecular weight excluding hydrogens is 217 g/mol. The summed E-state index contributed by atoms with van der Waals surface area (Å²) < 4.78 is 13.5. The van der Waals surface area contributed by atoms with E-state index in [1.54, 1.807) is 6.07 Å². The Morgan fingerprint density at radius 2 is 2.24 bits per heavy atom. The lowest BCUT2D eigenvalue weighted by molar-refractivity contribution is 0.204. The summed E-state index contributed by atoms with van der Waals surface area (Å²) in [6.45, 7) is 1.12. The lowest BCUT2D eigenvalue weighted by atomic mass is 10.1. The minimum atomic E-state index is -0.0740. The second-order valence-electron chi connectivity index (χ2n) is 5.44. The first-order valence-electron chi connectivity index (χ1n) is 6.36. The van der Waals surface area contributed by atoms with E-state index in [1.807, 2.05) is 6.07 Å². The highest BCUT2D eigenvalue weighted by Crippen LogP contribution is 2.45. The summed E-state index contributed by atoms with van der Waals surface area (Å²) in [4.78, 5) is 0. The summed E-state index contributed by atoms with van der Waals surface area (Å²) in [7, 11) is 0. The zero-order chi connectivity index (χ0) is 11.9. The Bertz CT molecular complexity index is 428. The van der Waals surface area contributed by atoms with Gasteiger partial charge in [0.1, 0.15) is 5.82 Å². The molecule has 92 valence electrons. The van der Waals surface area contributed by atoms with Crippen LogP contribution in [0.15, 0.2) is 18.2 Å². The third-order valence-electron chi connectivity index (χ3n) is 4.23. The predicted octanol–water partition coefficient (Wildman–Crippen LogP) is 2.18. The van der Waals surface area contributed by atoms with Crippen molar-refractivity contribution in [3.63, 3.8) is 0 Å². The largest absolute Gasteiger partial charge is 0.396 e. The number of benzene rings is 1. The minimum absolute atomic E-state index is 0.0740. The summed E-state index contributed by atoms with van der Waals surface area (Å²) >= 11 is 0. The van der Waals surface area contributed by atoms with Crippen LogP contribution in [0.4, 0.5) is 4.39 Å². The average molecular weight is 235 g/mol. The van der Waals surface area contributed by atoms with E-state index >= 15 is 0 Å². The van der Waals surface area contributed by atoms with Crippen molar-refractivity contribution in [3.8, 4) is 0 Å². The Kier molecular flexibility index (Phi) is 2.68. The molecule has 0 bridgehead atoms. The molecule has 1 aromatic rings. The third kappa shape index (κ3) is 1.98. The Balaban J connectivity index is 1.69. The van der Waals surface area contributed by atoms with Gasteiger partial charge in [-0.15, -0.1) is 0 Å². The van der Waals surface area contributed by atoms with Crippen molar-refractivity contribution in [3.05, 3.63) is 35.1 Å². The molecule has 0 heterocycles. The van der Waals surface area contributed by atoms with Crippen molar-refractivity contribution >= 4 is 0 Å². The molecule has 3 rings (SSSR count). The Labute approximate surface area is 101 Å². The normalized spacial score (nSPS) is 24.7. The fraction of sp³-hybridized carbons (Fsp3) is 0.571. The van der Waals surface area contributed by atoms with Crippen LogP contribution in [-0.2, 0) is 6.42 Å². The van der Waals surface area contributed by atoms with Gasteiger partial charge in [0.2, 0.25) is 0 Å². The second-order valence-corrected chi connectivity index (χ2v) is 5.44. The van der Waals surface area contributed by atoms with Crippen molar-refractivity contribution < 1.29 is 9.50 Å². The quantitative estimate of drug-likeness (QED) is 0.838. The zero-order valence-corrected chi connectivity index (χ0v) is 9.88. The molecule has 0 amide bonds. The molecule has 1 unspecified atom stereocenters. The van der Waals surface area contributed by atoms with Gasteiger partial charge in [0, 0.05) is 24.6 Å². The number of aliphatic hydroxyl groups excluding tert-OH is 1. The number of rotatable bonds is 4. The van der Waals surface area contributed by atoms with Gasteiger partial charge >= 0.3 is 0 Å². The van der Waals surface area contributed by atoms with E-state index in [9.17, 15) is 9.50 Å². The first-order chi connectivity index (χ1) is 8.24. The SMILES string of the molecule is OCC1(CNC2CCc3c(F)cccc32)CC1. The number of nitrogens with one attached hydrogen (secondary N) is 1. The maximum Gasteiger partial charge on any atom is 0.126 e. The molecule has 17 heavy (non-hydrogen) atoms. The van der Waals surface area contributed by atoms with Crippen molar-refractivity contribution in [2.75, 3.05) is 13.2 Å². The molecular formula is C14H18FNO. The van der Waals surface area contributed by atoms with Crippen LogP contribution in [0.25, 0.3) is 0 Å². The number of hydrogen-bond donors (Lipinski definition) is 2. The van der Waals surface area contributed by atoms with Crippen molar-refractivity contribution in [1.82, 2.24) is 5.32 Å². The number of halogens is 1. The first kappa shape index (κ1) is 11.2. The van der Waals surface area contributed by atoms with Crippen molar-refractivity contribution in [1.29, 1.82) is 0 Å². The minimum Gasteiger partial charge on any atom is -0.396 e. The molecule has 2 N–H and O–H groups in total. The molecule has 3 heteroatoms. The summed E-state index contributed by atoms with van der Waals surface area (Å²) in [5.41, 5.74) is 2.10. The highest BCUT2D eigenvalue weighted by Gasteiger charge is 2.42. The number of fused-ring (bicyclic) bond motifs is 1. The van der Waals surface area contributed by atoms with E-state index in [0.29, 0.717) is 0 Å². The van der Waals surface area contributed by atoms with E-state index in [-0.39, 0.29) is 23.9 Å². The van der Waals surface area contributed by atoms with Gasteiger partial charge in [-0.3, -0.25) is 0 Å². The van der Waals surface area contributed by atoms with Gasteiger partial charge in [-0.25, -0.2) is 4.39 Å². The molecule has 0 aliphatic heterocycles. The molecule has 0 aromatic heterocycles. The van der Waals surface area contributed by atoms with E-state index in [2.05, 4.69) is 5.32 Å². The molecule has 1 fully saturated rings. The van der Waals surface area contributed by atoms with Gasteiger partial charge < -0.3 is 10.4 Å². The van der Waals surface area contributed by atoms with Crippen molar-refractivity contribution in [2.24, 2.45) is 5.41 Å². The first-order valence-corrected chi connectivity index (χ1v) is 6.36. The van der Waals surface area contributed by atoms with Crippen LogP contribution < -0.4 is 5.32 Å². The van der Waals surface area contributed by atoms with Gasteiger partial charge in [0.05, 0.1) is 0 Å². The molecule has 0 saturated heterocycles. The molecule has 2 nitrogen and oxygen atoms in total. The van der Waals surface area contributed by atoms with Crippen LogP contribution in [0, 0.1) is 11.2 Å². The van der Waals surface area contributed by atoms with Gasteiger partial charge in [-0.1, -0.05) is 12.1 Å². The maximum atomic E-state index is 13.5. The standard InChI is InChI=1S/C14H18FNO/c15-12-3-1-2-11-10(12)4-5-13(11)16-8-14(9-17)6-7-14/h1-3,13,16-17H,4-9H2. The maximum absolute atomic E-state index is 13.5. The van der Waals surface area contributed by atoms with E-state index in [1.165, 1.54) is 6.07 Å². The molecule has 1 saturated carbocycles. The second kappa shape index (κ2) is 4.07. The molecule has 1 atom stereocenters. The summed E-state index contributed by atoms with van der Waals surface area (Å²) in [5, 5.41) is 12.8. The van der Waals surface area contributed by atoms with Crippen molar-refractivity contribution in [2.45, 2.75) is 31.7 Å². The van der Waals surface area contributed by atoms with Crippen LogP contribution in [0.5, 0.6) is 0 Å². The third-order valence-corrected chi connectivity index (χ3v) is 4.23. The Hall–Kier alpha value is -0.930. The van der Waals surface area contributed by atoms with E-state index in [0.717, 1.165) is 43.4 Å². The lowest BCUT2D eigenvalue weighted by Gasteiger charge is -2.18. The highest BCUT2D eigenvalue weighted by atomic mass is 19.1. The molecule has 2 aliphatic carbocycles. The van der Waals surface area contributed by atoms with E-state index < -0.39 is 0 Å². The smallest absolute Gasteiger partial charge is 0.126 e. The molecule has 0 radical (unpaired) electrons. The van der Waals surface area contributed by atoms with Gasteiger partial charge in [0.15, 0.2) is 0 Å². The van der Waals surface area contributed by atoms with Gasteiger partial charge in [0.25, 0.3) is 0 Å². The topological polar surface area (TPSA) is 32.3 Å². The predicted molar refractivity (Wildman–Crippen MR) is 64.2 cm³/mol. The fourth-order valence-corrected chi connectivity index (χ4v) is 2.73. The Morgan fingerprint density at radius 3 is 2.94 bits per heavy atom. The average Bonchev–Trinajstić information content (AvgIpc) is 3.01. The van der Waals surface area contributed by atoms with Crippen LogP contribution >= 0.6 is 0 Å². The molecule has 0 spiro atoms. The highest BCUT2D eigenvalue weighted by molar-refractivity contribution is 5.35. The van der Waals surface area contributed by atoms with Crippen LogP contribution in [0.2, 0.25) is 0 Å². The van der Waals surface area contributed by atoms with Gasteiger partial charge in [-0.2, -0.15) is 0 Å². The molecule has 1 aromatic carbocycles.